The zero-order valence-electron chi connectivity index (χ0n) is 14.5. The third-order valence-corrected chi connectivity index (χ3v) is 6.43. The Bertz CT molecular complexity index is 859. The third kappa shape index (κ3) is 4.75. The Kier molecular flexibility index (Phi) is 5.27. The minimum absolute atomic E-state index is 0.173. The maximum Gasteiger partial charge on any atom is 0.325 e. The minimum Gasteiger partial charge on any atom is -0.368 e. The van der Waals surface area contributed by atoms with E-state index in [0.717, 1.165) is 42.8 Å². The summed E-state index contributed by atoms with van der Waals surface area (Å²) in [6.07, 6.45) is 1.14. The number of urea groups is 1. The number of hydrogen-bond acceptors (Lipinski definition) is 8. The van der Waals surface area contributed by atoms with Crippen LogP contribution in [0.2, 0.25) is 0 Å². The molecule has 2 aromatic rings. The smallest absolute Gasteiger partial charge is 0.325 e. The topological polar surface area (TPSA) is 106 Å². The number of nitrogens with zero attached hydrogens (tertiary/aromatic N) is 4. The van der Waals surface area contributed by atoms with E-state index >= 15 is 0 Å². The summed E-state index contributed by atoms with van der Waals surface area (Å²) in [5.74, 6) is 0.933. The predicted molar refractivity (Wildman–Crippen MR) is 104 cm³/mol. The molecule has 27 heavy (non-hydrogen) atoms. The average Bonchev–Trinajstić information content (AvgIpc) is 3.08. The molecule has 2 amide bonds. The number of carbonyl (C=O) groups excluding carboxylic acids is 1. The Morgan fingerprint density at radius 2 is 2.19 bits per heavy atom. The van der Waals surface area contributed by atoms with Crippen molar-refractivity contribution in [2.75, 3.05) is 42.6 Å². The Morgan fingerprint density at radius 1 is 1.37 bits per heavy atom. The molecule has 0 aliphatic carbocycles. The summed E-state index contributed by atoms with van der Waals surface area (Å²) < 4.78 is 6.35. The van der Waals surface area contributed by atoms with Gasteiger partial charge in [0.15, 0.2) is 4.34 Å². The third-order valence-electron chi connectivity index (χ3n) is 4.48. The van der Waals surface area contributed by atoms with Crippen LogP contribution in [0.4, 0.5) is 15.6 Å². The fraction of sp³-hybridized carbons (Fsp3) is 0.412. The van der Waals surface area contributed by atoms with Crippen molar-refractivity contribution in [1.82, 2.24) is 15.1 Å². The molecule has 10 heteroatoms. The molecule has 1 atom stereocenters. The number of anilines is 2. The highest BCUT2D eigenvalue weighted by molar-refractivity contribution is 8.01. The van der Waals surface area contributed by atoms with Gasteiger partial charge in [-0.05, 0) is 30.7 Å². The first-order valence-corrected chi connectivity index (χ1v) is 10.4. The molecule has 8 nitrogen and oxygen atoms in total. The molecule has 3 heterocycles. The molecule has 2 saturated heterocycles. The van der Waals surface area contributed by atoms with Crippen LogP contribution < -0.4 is 10.6 Å². The normalized spacial score (nSPS) is 21.1. The highest BCUT2D eigenvalue weighted by atomic mass is 32.2. The quantitative estimate of drug-likeness (QED) is 0.434. The fourth-order valence-corrected chi connectivity index (χ4v) is 4.74. The van der Waals surface area contributed by atoms with Gasteiger partial charge in [-0.25, -0.2) is 4.79 Å². The minimum atomic E-state index is -0.390. The SMILES string of the molecule is N#Cc1ccc(NC(=O)Nc2nnc(SCCN3CCC4(CO4)C3)s2)cc1. The number of hydrogen-bond donors (Lipinski definition) is 2. The largest absolute Gasteiger partial charge is 0.368 e. The van der Waals surface area contributed by atoms with E-state index < -0.39 is 0 Å². The Labute approximate surface area is 164 Å². The van der Waals surface area contributed by atoms with Gasteiger partial charge in [-0.1, -0.05) is 23.1 Å². The van der Waals surface area contributed by atoms with E-state index in [1.54, 1.807) is 36.0 Å². The number of nitrogens with one attached hydrogen (secondary N) is 2. The highest BCUT2D eigenvalue weighted by Crippen LogP contribution is 2.37. The van der Waals surface area contributed by atoms with Crippen LogP contribution in [-0.4, -0.2) is 58.7 Å². The lowest BCUT2D eigenvalue weighted by atomic mass is 10.1. The van der Waals surface area contributed by atoms with Gasteiger partial charge in [0.1, 0.15) is 5.60 Å². The van der Waals surface area contributed by atoms with Gasteiger partial charge in [-0.15, -0.1) is 10.2 Å². The maximum atomic E-state index is 12.0. The summed E-state index contributed by atoms with van der Waals surface area (Å²) in [6, 6.07) is 8.29. The molecule has 2 N–H and O–H groups in total. The van der Waals surface area contributed by atoms with Gasteiger partial charge in [-0.3, -0.25) is 10.2 Å². The van der Waals surface area contributed by atoms with Gasteiger partial charge < -0.3 is 10.1 Å². The van der Waals surface area contributed by atoms with Crippen LogP contribution in [0, 0.1) is 11.3 Å². The van der Waals surface area contributed by atoms with Gasteiger partial charge in [0.25, 0.3) is 0 Å². The number of rotatable bonds is 6. The molecular weight excluding hydrogens is 384 g/mol. The van der Waals surface area contributed by atoms with E-state index in [0.29, 0.717) is 16.4 Å². The van der Waals surface area contributed by atoms with Crippen molar-refractivity contribution >= 4 is 39.9 Å². The van der Waals surface area contributed by atoms with Crippen LogP contribution in [0.1, 0.15) is 12.0 Å². The fourth-order valence-electron chi connectivity index (χ4n) is 2.92. The number of aromatic nitrogens is 2. The van der Waals surface area contributed by atoms with Crippen LogP contribution in [0.25, 0.3) is 0 Å². The average molecular weight is 403 g/mol. The van der Waals surface area contributed by atoms with Crippen LogP contribution in [0.5, 0.6) is 0 Å². The van der Waals surface area contributed by atoms with Crippen LogP contribution in [0.15, 0.2) is 28.6 Å². The molecule has 0 saturated carbocycles. The molecule has 1 unspecified atom stereocenters. The second-order valence-corrected chi connectivity index (χ2v) is 8.81. The number of thioether (sulfide) groups is 1. The summed E-state index contributed by atoms with van der Waals surface area (Å²) >= 11 is 3.00. The lowest BCUT2D eigenvalue weighted by Crippen LogP contribution is -2.25. The van der Waals surface area contributed by atoms with E-state index in [4.69, 9.17) is 10.00 Å². The van der Waals surface area contributed by atoms with Crippen LogP contribution in [0.3, 0.4) is 0 Å². The summed E-state index contributed by atoms with van der Waals surface area (Å²) in [4.78, 5) is 14.4. The van der Waals surface area contributed by atoms with E-state index in [2.05, 4.69) is 25.7 Å². The zero-order valence-corrected chi connectivity index (χ0v) is 16.1. The molecule has 1 spiro atoms. The van der Waals surface area contributed by atoms with Gasteiger partial charge in [-0.2, -0.15) is 5.26 Å². The van der Waals surface area contributed by atoms with Crippen molar-refractivity contribution in [1.29, 1.82) is 5.26 Å². The Hall–Kier alpha value is -2.19. The molecule has 140 valence electrons. The molecule has 0 bridgehead atoms. The van der Waals surface area contributed by atoms with Crippen molar-refractivity contribution < 1.29 is 9.53 Å². The number of benzene rings is 1. The van der Waals surface area contributed by atoms with Gasteiger partial charge >= 0.3 is 6.03 Å². The first kappa shape index (κ1) is 18.2. The van der Waals surface area contributed by atoms with Crippen LogP contribution >= 0.6 is 23.1 Å². The Balaban J connectivity index is 1.20. The molecule has 2 aliphatic rings. The first-order valence-electron chi connectivity index (χ1n) is 8.55. The lowest BCUT2D eigenvalue weighted by molar-refractivity contribution is 0.262. The number of carbonyl (C=O) groups is 1. The number of ether oxygens (including phenoxy) is 1. The lowest BCUT2D eigenvalue weighted by Gasteiger charge is -2.13. The summed E-state index contributed by atoms with van der Waals surface area (Å²) in [7, 11) is 0. The number of amides is 2. The van der Waals surface area contributed by atoms with Crippen molar-refractivity contribution in [3.05, 3.63) is 29.8 Å². The summed E-state index contributed by atoms with van der Waals surface area (Å²) in [5.41, 5.74) is 1.32. The Morgan fingerprint density at radius 3 is 2.89 bits per heavy atom. The maximum absolute atomic E-state index is 12.0. The number of likely N-dealkylation sites (tertiary alicyclic amines) is 1. The van der Waals surface area contributed by atoms with Gasteiger partial charge in [0.2, 0.25) is 5.13 Å². The van der Waals surface area contributed by atoms with Crippen molar-refractivity contribution in [3.63, 3.8) is 0 Å². The van der Waals surface area contributed by atoms with Gasteiger partial charge in [0, 0.05) is 31.1 Å². The highest BCUT2D eigenvalue weighted by Gasteiger charge is 2.49. The first-order chi connectivity index (χ1) is 13.1. The molecular formula is C17H18N6O2S2. The monoisotopic (exact) mass is 402 g/mol. The second-order valence-electron chi connectivity index (χ2n) is 6.49. The van der Waals surface area contributed by atoms with Crippen LogP contribution in [-0.2, 0) is 4.74 Å². The van der Waals surface area contributed by atoms with Gasteiger partial charge in [0.05, 0.1) is 18.2 Å². The summed E-state index contributed by atoms with van der Waals surface area (Å²) in [6.45, 7) is 4.04. The van der Waals surface area contributed by atoms with E-state index in [1.807, 2.05) is 6.07 Å². The van der Waals surface area contributed by atoms with E-state index in [-0.39, 0.29) is 11.6 Å². The van der Waals surface area contributed by atoms with E-state index in [1.165, 1.54) is 11.3 Å². The second kappa shape index (κ2) is 7.82. The molecule has 2 aliphatic heterocycles. The summed E-state index contributed by atoms with van der Waals surface area (Å²) in [5, 5.41) is 22.7. The van der Waals surface area contributed by atoms with Crippen molar-refractivity contribution in [2.45, 2.75) is 16.4 Å². The van der Waals surface area contributed by atoms with E-state index in [9.17, 15) is 4.79 Å². The standard InChI is InChI=1S/C17H18N6O2S2/c18-9-12-1-3-13(4-2-12)19-14(24)20-15-21-22-16(27-15)26-8-7-23-6-5-17(10-23)11-25-17/h1-4H,5-8,10-11H2,(H2,19,20,21,24). The van der Waals surface area contributed by atoms with Crippen molar-refractivity contribution in [2.24, 2.45) is 0 Å². The number of nitriles is 1. The predicted octanol–water partition coefficient (Wildman–Crippen LogP) is 2.62. The molecule has 4 rings (SSSR count). The zero-order chi connectivity index (χ0) is 18.7. The number of epoxide rings is 1. The molecule has 2 fully saturated rings. The van der Waals surface area contributed by atoms with Crippen molar-refractivity contribution in [3.8, 4) is 6.07 Å². The molecule has 0 radical (unpaired) electrons. The molecule has 1 aromatic heterocycles. The molecule has 1 aromatic carbocycles.